The molecule has 1 aromatic heterocycles. The summed E-state index contributed by atoms with van der Waals surface area (Å²) in [5.41, 5.74) is 8.47. The zero-order chi connectivity index (χ0) is 11.7. The fraction of sp³-hybridized carbons (Fsp3) is 0.385. The zero-order valence-corrected chi connectivity index (χ0v) is 10.3. The van der Waals surface area contributed by atoms with E-state index >= 15 is 0 Å². The molecule has 0 fully saturated rings. The Hall–Kier alpha value is -1.38. The molecule has 1 aliphatic rings. The van der Waals surface area contributed by atoms with Gasteiger partial charge in [-0.1, -0.05) is 24.0 Å². The predicted octanol–water partition coefficient (Wildman–Crippen LogP) is -0.0968. The lowest BCUT2D eigenvalue weighted by molar-refractivity contribution is 0.748. The van der Waals surface area contributed by atoms with Crippen LogP contribution in [-0.4, -0.2) is 12.4 Å². The van der Waals surface area contributed by atoms with Gasteiger partial charge in [0.25, 0.3) is 0 Å². The van der Waals surface area contributed by atoms with Crippen LogP contribution in [0.2, 0.25) is 5.82 Å². The van der Waals surface area contributed by atoms with Crippen molar-refractivity contribution in [2.24, 2.45) is 12.8 Å². The minimum absolute atomic E-state index is 0.659. The standard InChI is InChI=1S/C13H19BN2/c1-3-12-11(8-15)10-6-4-9(14)5-7-13(10)16(12)2/h3-4,6,8-9H,5,7,14-15H2,1-2H3/b11-8-,12-3+. The highest BCUT2D eigenvalue weighted by atomic mass is 14.9. The van der Waals surface area contributed by atoms with E-state index < -0.39 is 0 Å². The third kappa shape index (κ3) is 1.60. The number of fused-ring (bicyclic) bond motifs is 1. The summed E-state index contributed by atoms with van der Waals surface area (Å²) in [4.78, 5) is 0. The molecule has 0 saturated carbocycles. The summed E-state index contributed by atoms with van der Waals surface area (Å²) in [6, 6.07) is 0. The minimum Gasteiger partial charge on any atom is -0.404 e. The Bertz CT molecular complexity index is 537. The van der Waals surface area contributed by atoms with E-state index in [9.17, 15) is 0 Å². The molecule has 0 saturated heterocycles. The van der Waals surface area contributed by atoms with Gasteiger partial charge in [0, 0.05) is 35.1 Å². The lowest BCUT2D eigenvalue weighted by Crippen LogP contribution is -2.29. The Morgan fingerprint density at radius 3 is 2.94 bits per heavy atom. The molecule has 2 N–H and O–H groups in total. The van der Waals surface area contributed by atoms with Gasteiger partial charge in [0.15, 0.2) is 0 Å². The van der Waals surface area contributed by atoms with Crippen molar-refractivity contribution >= 4 is 26.2 Å². The van der Waals surface area contributed by atoms with Crippen LogP contribution >= 0.6 is 0 Å². The van der Waals surface area contributed by atoms with Crippen molar-refractivity contribution < 1.29 is 0 Å². The fourth-order valence-corrected chi connectivity index (χ4v) is 2.53. The summed E-state index contributed by atoms with van der Waals surface area (Å²) >= 11 is 0. The summed E-state index contributed by atoms with van der Waals surface area (Å²) in [6.07, 6.45) is 10.7. The number of hydrogen-bond donors (Lipinski definition) is 1. The smallest absolute Gasteiger partial charge is 0.110 e. The Balaban J connectivity index is 2.78. The van der Waals surface area contributed by atoms with Crippen molar-refractivity contribution in [1.29, 1.82) is 0 Å². The molecule has 0 bridgehead atoms. The Kier molecular flexibility index (Phi) is 2.95. The van der Waals surface area contributed by atoms with Crippen molar-refractivity contribution in [3.63, 3.8) is 0 Å². The molecule has 16 heavy (non-hydrogen) atoms. The summed E-state index contributed by atoms with van der Waals surface area (Å²) in [6.45, 7) is 2.06. The average Bonchev–Trinajstić information content (AvgIpc) is 2.41. The number of rotatable bonds is 0. The third-order valence-electron chi connectivity index (χ3n) is 3.51. The van der Waals surface area contributed by atoms with Crippen LogP contribution in [0.5, 0.6) is 0 Å². The first-order valence-corrected chi connectivity index (χ1v) is 5.93. The van der Waals surface area contributed by atoms with Gasteiger partial charge >= 0.3 is 0 Å². The molecule has 0 spiro atoms. The molecule has 1 aromatic rings. The number of nitrogens with zero attached hydrogens (tertiary/aromatic N) is 1. The fourth-order valence-electron chi connectivity index (χ4n) is 2.53. The quantitative estimate of drug-likeness (QED) is 0.601. The normalized spacial score (nSPS) is 22.2. The van der Waals surface area contributed by atoms with E-state index in [0.29, 0.717) is 5.82 Å². The highest BCUT2D eigenvalue weighted by molar-refractivity contribution is 6.13. The second-order valence-corrected chi connectivity index (χ2v) is 4.55. The summed E-state index contributed by atoms with van der Waals surface area (Å²) in [7, 11) is 4.39. The molecule has 0 radical (unpaired) electrons. The maximum atomic E-state index is 5.76. The highest BCUT2D eigenvalue weighted by Gasteiger charge is 2.13. The first-order valence-electron chi connectivity index (χ1n) is 5.93. The van der Waals surface area contributed by atoms with E-state index in [1.165, 1.54) is 28.2 Å². The van der Waals surface area contributed by atoms with Crippen LogP contribution in [0.1, 0.15) is 24.6 Å². The third-order valence-corrected chi connectivity index (χ3v) is 3.51. The van der Waals surface area contributed by atoms with E-state index in [0.717, 1.165) is 6.42 Å². The molecule has 2 rings (SSSR count). The molecular weight excluding hydrogens is 195 g/mol. The number of aromatic nitrogens is 1. The monoisotopic (exact) mass is 214 g/mol. The number of hydrogen-bond acceptors (Lipinski definition) is 1. The van der Waals surface area contributed by atoms with Gasteiger partial charge in [0.1, 0.15) is 7.85 Å². The van der Waals surface area contributed by atoms with Gasteiger partial charge < -0.3 is 10.3 Å². The van der Waals surface area contributed by atoms with E-state index in [1.807, 2.05) is 0 Å². The molecule has 3 heteroatoms. The van der Waals surface area contributed by atoms with Crippen molar-refractivity contribution in [2.45, 2.75) is 25.6 Å². The Labute approximate surface area is 97.6 Å². The maximum absolute atomic E-state index is 5.76. The highest BCUT2D eigenvalue weighted by Crippen LogP contribution is 2.20. The largest absolute Gasteiger partial charge is 0.404 e. The lowest BCUT2D eigenvalue weighted by atomic mass is 9.84. The van der Waals surface area contributed by atoms with Crippen LogP contribution in [0, 0.1) is 0 Å². The van der Waals surface area contributed by atoms with Crippen LogP contribution < -0.4 is 16.3 Å². The predicted molar refractivity (Wildman–Crippen MR) is 73.1 cm³/mol. The van der Waals surface area contributed by atoms with Crippen LogP contribution in [-0.2, 0) is 13.5 Å². The molecule has 1 unspecified atom stereocenters. The SMILES string of the molecule is BC1C=Cc2c(n(C)c(=C/C)/c2=C\N)CC1. The van der Waals surface area contributed by atoms with Gasteiger partial charge in [-0.2, -0.15) is 0 Å². The van der Waals surface area contributed by atoms with Crippen molar-refractivity contribution in [1.82, 2.24) is 4.57 Å². The van der Waals surface area contributed by atoms with Crippen molar-refractivity contribution in [3.8, 4) is 0 Å². The topological polar surface area (TPSA) is 30.9 Å². The molecule has 84 valence electrons. The summed E-state index contributed by atoms with van der Waals surface area (Å²) in [5, 5.41) is 2.40. The zero-order valence-electron chi connectivity index (χ0n) is 10.3. The average molecular weight is 214 g/mol. The van der Waals surface area contributed by atoms with Gasteiger partial charge in [-0.15, -0.1) is 0 Å². The Morgan fingerprint density at radius 2 is 2.31 bits per heavy atom. The van der Waals surface area contributed by atoms with E-state index in [2.05, 4.69) is 44.6 Å². The number of nitrogens with two attached hydrogens (primary N) is 1. The van der Waals surface area contributed by atoms with Gasteiger partial charge in [0.2, 0.25) is 0 Å². The minimum atomic E-state index is 0.659. The van der Waals surface area contributed by atoms with E-state index in [-0.39, 0.29) is 0 Å². The van der Waals surface area contributed by atoms with Crippen molar-refractivity contribution in [3.05, 3.63) is 27.9 Å². The van der Waals surface area contributed by atoms with Gasteiger partial charge in [-0.3, -0.25) is 0 Å². The van der Waals surface area contributed by atoms with Crippen LogP contribution in [0.3, 0.4) is 0 Å². The van der Waals surface area contributed by atoms with E-state index in [1.54, 1.807) is 6.20 Å². The summed E-state index contributed by atoms with van der Waals surface area (Å²) in [5.74, 6) is 0.659. The molecule has 1 atom stereocenters. The second-order valence-electron chi connectivity index (χ2n) is 4.55. The molecule has 2 nitrogen and oxygen atoms in total. The second kappa shape index (κ2) is 4.24. The molecule has 0 aliphatic heterocycles. The Morgan fingerprint density at radius 1 is 1.56 bits per heavy atom. The van der Waals surface area contributed by atoms with E-state index in [4.69, 9.17) is 5.73 Å². The summed E-state index contributed by atoms with van der Waals surface area (Å²) < 4.78 is 2.27. The molecule has 0 aromatic carbocycles. The van der Waals surface area contributed by atoms with Gasteiger partial charge in [0.05, 0.1) is 0 Å². The van der Waals surface area contributed by atoms with Crippen LogP contribution in [0.25, 0.3) is 18.4 Å². The molecule has 1 heterocycles. The van der Waals surface area contributed by atoms with Crippen LogP contribution in [0.4, 0.5) is 0 Å². The molecule has 1 aliphatic carbocycles. The lowest BCUT2D eigenvalue weighted by Gasteiger charge is -2.05. The first kappa shape index (κ1) is 11.1. The molecule has 0 amide bonds. The maximum Gasteiger partial charge on any atom is 0.110 e. The van der Waals surface area contributed by atoms with Gasteiger partial charge in [-0.25, -0.2) is 0 Å². The van der Waals surface area contributed by atoms with Crippen LogP contribution in [0.15, 0.2) is 6.08 Å². The first-order chi connectivity index (χ1) is 7.69. The molecular formula is C13H19BN2. The number of allylic oxidation sites excluding steroid dienone is 1. The van der Waals surface area contributed by atoms with Gasteiger partial charge in [-0.05, 0) is 19.8 Å². The van der Waals surface area contributed by atoms with Crippen molar-refractivity contribution in [2.75, 3.05) is 0 Å².